The molecule has 0 unspecified atom stereocenters. The van der Waals surface area contributed by atoms with E-state index in [9.17, 15) is 0 Å². The highest BCUT2D eigenvalue weighted by Gasteiger charge is 2.53. The summed E-state index contributed by atoms with van der Waals surface area (Å²) in [6, 6.07) is 59.2. The molecular formula is C43H27NO. The topological polar surface area (TPSA) is 16.4 Å². The van der Waals surface area contributed by atoms with Crippen LogP contribution in [0, 0.1) is 0 Å². The van der Waals surface area contributed by atoms with Gasteiger partial charge in [-0.25, -0.2) is 0 Å². The first-order valence-corrected chi connectivity index (χ1v) is 15.5. The van der Waals surface area contributed by atoms with Crippen molar-refractivity contribution in [1.82, 2.24) is 0 Å². The van der Waals surface area contributed by atoms with Gasteiger partial charge in [-0.15, -0.1) is 0 Å². The Kier molecular flexibility index (Phi) is 4.95. The van der Waals surface area contributed by atoms with E-state index in [1.165, 1.54) is 44.5 Å². The maximum atomic E-state index is 6.97. The van der Waals surface area contributed by atoms with Crippen LogP contribution in [0.25, 0.3) is 44.2 Å². The van der Waals surface area contributed by atoms with Gasteiger partial charge in [0.2, 0.25) is 0 Å². The van der Waals surface area contributed by atoms with Crippen molar-refractivity contribution in [1.29, 1.82) is 0 Å². The second-order valence-electron chi connectivity index (χ2n) is 12.0. The molecule has 1 heterocycles. The van der Waals surface area contributed by atoms with Crippen molar-refractivity contribution in [2.24, 2.45) is 0 Å². The summed E-state index contributed by atoms with van der Waals surface area (Å²) in [7, 11) is 0. The Labute approximate surface area is 261 Å². The Morgan fingerprint density at radius 2 is 0.933 bits per heavy atom. The van der Waals surface area contributed by atoms with E-state index >= 15 is 0 Å². The fourth-order valence-corrected chi connectivity index (χ4v) is 8.19. The third kappa shape index (κ3) is 3.13. The van der Waals surface area contributed by atoms with E-state index in [0.717, 1.165) is 39.0 Å². The van der Waals surface area contributed by atoms with Crippen LogP contribution in [-0.2, 0) is 5.41 Å². The normalized spacial score (nSPS) is 13.5. The SMILES string of the molecule is c1ccc(N(c2ccccc2)c2cc3c(c4oc5ccccc5c24)-c2ccccc2C32c3ccccc3-c3ccccc32)cc1. The zero-order valence-corrected chi connectivity index (χ0v) is 24.4. The summed E-state index contributed by atoms with van der Waals surface area (Å²) in [5.41, 5.74) is 14.9. The third-order valence-electron chi connectivity index (χ3n) is 9.86. The molecule has 0 atom stereocenters. The van der Waals surface area contributed by atoms with Gasteiger partial charge in [0.05, 0.1) is 16.5 Å². The lowest BCUT2D eigenvalue weighted by atomic mass is 9.70. The van der Waals surface area contributed by atoms with Crippen LogP contribution >= 0.6 is 0 Å². The lowest BCUT2D eigenvalue weighted by Crippen LogP contribution is -2.26. The molecule has 8 aromatic rings. The van der Waals surface area contributed by atoms with Crippen molar-refractivity contribution in [2.45, 2.75) is 5.41 Å². The molecule has 0 saturated heterocycles. The van der Waals surface area contributed by atoms with Gasteiger partial charge in [0.25, 0.3) is 0 Å². The lowest BCUT2D eigenvalue weighted by Gasteiger charge is -2.32. The minimum atomic E-state index is -0.472. The molecule has 0 saturated carbocycles. The molecule has 10 rings (SSSR count). The maximum absolute atomic E-state index is 6.97. The number of fused-ring (bicyclic) bond motifs is 14. The summed E-state index contributed by atoms with van der Waals surface area (Å²) in [6.07, 6.45) is 0. The molecule has 0 radical (unpaired) electrons. The van der Waals surface area contributed by atoms with Crippen LogP contribution < -0.4 is 4.90 Å². The molecule has 210 valence electrons. The van der Waals surface area contributed by atoms with Crippen molar-refractivity contribution >= 4 is 39.0 Å². The summed E-state index contributed by atoms with van der Waals surface area (Å²) >= 11 is 0. The molecule has 2 heteroatoms. The summed E-state index contributed by atoms with van der Waals surface area (Å²) in [5.74, 6) is 0. The smallest absolute Gasteiger partial charge is 0.145 e. The van der Waals surface area contributed by atoms with Crippen molar-refractivity contribution in [2.75, 3.05) is 4.90 Å². The van der Waals surface area contributed by atoms with Crippen LogP contribution in [0.4, 0.5) is 17.1 Å². The molecule has 45 heavy (non-hydrogen) atoms. The minimum absolute atomic E-state index is 0.472. The number of para-hydroxylation sites is 3. The molecule has 2 nitrogen and oxygen atoms in total. The lowest BCUT2D eigenvalue weighted by molar-refractivity contribution is 0.669. The van der Waals surface area contributed by atoms with Gasteiger partial charge in [-0.3, -0.25) is 0 Å². The minimum Gasteiger partial charge on any atom is -0.455 e. The van der Waals surface area contributed by atoms with Crippen molar-refractivity contribution in [3.8, 4) is 22.3 Å². The van der Waals surface area contributed by atoms with Gasteiger partial charge in [0, 0.05) is 22.3 Å². The molecular weight excluding hydrogens is 546 g/mol. The third-order valence-corrected chi connectivity index (χ3v) is 9.86. The second-order valence-corrected chi connectivity index (χ2v) is 12.0. The molecule has 2 aliphatic carbocycles. The Morgan fingerprint density at radius 1 is 0.444 bits per heavy atom. The highest BCUT2D eigenvalue weighted by molar-refractivity contribution is 6.19. The monoisotopic (exact) mass is 573 g/mol. The molecule has 7 aromatic carbocycles. The van der Waals surface area contributed by atoms with E-state index in [2.05, 4.69) is 169 Å². The molecule has 0 fully saturated rings. The van der Waals surface area contributed by atoms with E-state index in [4.69, 9.17) is 4.42 Å². The Balaban J connectivity index is 1.43. The molecule has 1 aromatic heterocycles. The zero-order valence-electron chi connectivity index (χ0n) is 24.4. The number of hydrogen-bond acceptors (Lipinski definition) is 2. The fourth-order valence-electron chi connectivity index (χ4n) is 8.19. The van der Waals surface area contributed by atoms with Crippen LogP contribution in [0.3, 0.4) is 0 Å². The fraction of sp³-hybridized carbons (Fsp3) is 0.0233. The molecule has 0 amide bonds. The zero-order chi connectivity index (χ0) is 29.5. The molecule has 0 bridgehead atoms. The number of furan rings is 1. The summed E-state index contributed by atoms with van der Waals surface area (Å²) in [4.78, 5) is 2.40. The van der Waals surface area contributed by atoms with Gasteiger partial charge in [-0.05, 0) is 75.3 Å². The summed E-state index contributed by atoms with van der Waals surface area (Å²) in [5, 5.41) is 2.25. The predicted octanol–water partition coefficient (Wildman–Crippen LogP) is 11.4. The van der Waals surface area contributed by atoms with E-state index in [1.54, 1.807) is 0 Å². The van der Waals surface area contributed by atoms with E-state index in [1.807, 2.05) is 0 Å². The van der Waals surface area contributed by atoms with Gasteiger partial charge in [0.1, 0.15) is 11.2 Å². The molecule has 0 N–H and O–H groups in total. The number of anilines is 3. The molecule has 0 aliphatic heterocycles. The Bertz CT molecular complexity index is 2350. The largest absolute Gasteiger partial charge is 0.455 e. The Hall–Kier alpha value is -5.86. The van der Waals surface area contributed by atoms with Crippen LogP contribution in [0.1, 0.15) is 22.3 Å². The van der Waals surface area contributed by atoms with Gasteiger partial charge < -0.3 is 9.32 Å². The average Bonchev–Trinajstić information content (AvgIpc) is 3.74. The number of rotatable bonds is 3. The van der Waals surface area contributed by atoms with Gasteiger partial charge in [0.15, 0.2) is 0 Å². The summed E-state index contributed by atoms with van der Waals surface area (Å²) in [6.45, 7) is 0. The first-order chi connectivity index (χ1) is 22.4. The summed E-state index contributed by atoms with van der Waals surface area (Å²) < 4.78 is 6.97. The Morgan fingerprint density at radius 3 is 1.56 bits per heavy atom. The first-order valence-electron chi connectivity index (χ1n) is 15.5. The van der Waals surface area contributed by atoms with Gasteiger partial charge in [-0.2, -0.15) is 0 Å². The predicted molar refractivity (Wildman–Crippen MR) is 185 cm³/mol. The van der Waals surface area contributed by atoms with Crippen molar-refractivity contribution in [3.05, 3.63) is 186 Å². The second kappa shape index (κ2) is 9.07. The van der Waals surface area contributed by atoms with Crippen LogP contribution in [-0.4, -0.2) is 0 Å². The van der Waals surface area contributed by atoms with Gasteiger partial charge in [-0.1, -0.05) is 127 Å². The molecule has 1 spiro atoms. The van der Waals surface area contributed by atoms with Crippen LogP contribution in [0.15, 0.2) is 168 Å². The van der Waals surface area contributed by atoms with E-state index in [0.29, 0.717) is 0 Å². The van der Waals surface area contributed by atoms with E-state index in [-0.39, 0.29) is 0 Å². The van der Waals surface area contributed by atoms with Crippen molar-refractivity contribution in [3.63, 3.8) is 0 Å². The quantitative estimate of drug-likeness (QED) is 0.209. The highest BCUT2D eigenvalue weighted by Crippen LogP contribution is 2.65. The number of benzene rings is 7. The standard InChI is InChI=1S/C43H27NO/c1-3-15-28(16-4-1)44(29-17-5-2-6-18-29)38-27-37-40(42-41(38)33-22-10-14-26-39(33)45-42)32-21-9-13-25-36(32)43(37)34-23-11-7-19-30(34)31-20-8-12-24-35(31)43/h1-27H. The highest BCUT2D eigenvalue weighted by atomic mass is 16.3. The van der Waals surface area contributed by atoms with Gasteiger partial charge >= 0.3 is 0 Å². The number of nitrogens with zero attached hydrogens (tertiary/aromatic N) is 1. The van der Waals surface area contributed by atoms with Crippen molar-refractivity contribution < 1.29 is 4.42 Å². The average molecular weight is 574 g/mol. The number of hydrogen-bond donors (Lipinski definition) is 0. The maximum Gasteiger partial charge on any atom is 0.145 e. The molecule has 2 aliphatic rings. The first kappa shape index (κ1) is 24.6. The van der Waals surface area contributed by atoms with E-state index < -0.39 is 5.41 Å². The van der Waals surface area contributed by atoms with Crippen LogP contribution in [0.2, 0.25) is 0 Å². The van der Waals surface area contributed by atoms with Crippen LogP contribution in [0.5, 0.6) is 0 Å².